The van der Waals surface area contributed by atoms with Gasteiger partial charge in [0, 0.05) is 18.6 Å². The molecule has 0 bridgehead atoms. The Morgan fingerprint density at radius 2 is 1.88 bits per heavy atom. The summed E-state index contributed by atoms with van der Waals surface area (Å²) in [7, 11) is 4.32. The van der Waals surface area contributed by atoms with Gasteiger partial charge in [-0.05, 0) is 52.1 Å². The van der Waals surface area contributed by atoms with Gasteiger partial charge in [0.1, 0.15) is 0 Å². The van der Waals surface area contributed by atoms with E-state index >= 15 is 0 Å². The highest BCUT2D eigenvalue weighted by molar-refractivity contribution is 4.79. The fourth-order valence-electron chi connectivity index (χ4n) is 2.88. The second-order valence-electron chi connectivity index (χ2n) is 6.58. The normalized spacial score (nSPS) is 27.7. The molecule has 2 nitrogen and oxygen atoms in total. The van der Waals surface area contributed by atoms with Crippen LogP contribution < -0.4 is 5.32 Å². The predicted octanol–water partition coefficient (Wildman–Crippen LogP) is 3.13. The molecule has 1 aliphatic carbocycles. The second kappa shape index (κ2) is 7.38. The van der Waals surface area contributed by atoms with Crippen molar-refractivity contribution < 1.29 is 0 Å². The Balaban J connectivity index is 2.25. The Kier molecular flexibility index (Phi) is 6.50. The average molecular weight is 240 g/mol. The number of hydrogen-bond donors (Lipinski definition) is 1. The first-order valence-corrected chi connectivity index (χ1v) is 7.38. The fraction of sp³-hybridized carbons (Fsp3) is 1.00. The molecule has 102 valence electrons. The number of likely N-dealkylation sites (N-methyl/N-ethyl adjacent to an activating group) is 1. The summed E-state index contributed by atoms with van der Waals surface area (Å²) in [4.78, 5) is 2.29. The molecule has 0 amide bonds. The molecule has 0 heterocycles. The summed E-state index contributed by atoms with van der Waals surface area (Å²) in [5, 5.41) is 3.76. The molecular weight excluding hydrogens is 208 g/mol. The first-order chi connectivity index (χ1) is 7.99. The Morgan fingerprint density at radius 3 is 2.47 bits per heavy atom. The fourth-order valence-corrected chi connectivity index (χ4v) is 2.88. The van der Waals surface area contributed by atoms with Crippen molar-refractivity contribution in [3.63, 3.8) is 0 Å². The molecule has 1 aliphatic rings. The summed E-state index contributed by atoms with van der Waals surface area (Å²) in [5.41, 5.74) is 0. The van der Waals surface area contributed by atoms with Gasteiger partial charge in [-0.3, -0.25) is 0 Å². The van der Waals surface area contributed by atoms with Crippen LogP contribution in [0.4, 0.5) is 0 Å². The SMILES string of the molecule is CC(C)CC1CCCC(NCC(C)N(C)C)C1. The van der Waals surface area contributed by atoms with Gasteiger partial charge < -0.3 is 10.2 Å². The van der Waals surface area contributed by atoms with Crippen LogP contribution in [0.2, 0.25) is 0 Å². The van der Waals surface area contributed by atoms with Gasteiger partial charge in [-0.1, -0.05) is 26.7 Å². The lowest BCUT2D eigenvalue weighted by atomic mass is 9.81. The smallest absolute Gasteiger partial charge is 0.0186 e. The summed E-state index contributed by atoms with van der Waals surface area (Å²) < 4.78 is 0. The van der Waals surface area contributed by atoms with Gasteiger partial charge in [-0.15, -0.1) is 0 Å². The largest absolute Gasteiger partial charge is 0.312 e. The summed E-state index contributed by atoms with van der Waals surface area (Å²) in [6.07, 6.45) is 7.08. The molecule has 1 rings (SSSR count). The van der Waals surface area contributed by atoms with E-state index in [2.05, 4.69) is 45.1 Å². The van der Waals surface area contributed by atoms with Gasteiger partial charge in [0.2, 0.25) is 0 Å². The van der Waals surface area contributed by atoms with Crippen LogP contribution in [0.5, 0.6) is 0 Å². The maximum Gasteiger partial charge on any atom is 0.0186 e. The first kappa shape index (κ1) is 15.0. The minimum atomic E-state index is 0.639. The van der Waals surface area contributed by atoms with E-state index in [-0.39, 0.29) is 0 Å². The minimum Gasteiger partial charge on any atom is -0.312 e. The third-order valence-corrected chi connectivity index (χ3v) is 4.17. The van der Waals surface area contributed by atoms with Crippen LogP contribution in [0.25, 0.3) is 0 Å². The molecule has 0 saturated heterocycles. The van der Waals surface area contributed by atoms with E-state index in [1.165, 1.54) is 32.1 Å². The standard InChI is InChI=1S/C15H32N2/c1-12(2)9-14-7-6-8-15(10-14)16-11-13(3)17(4)5/h12-16H,6-11H2,1-5H3. The van der Waals surface area contributed by atoms with Crippen LogP contribution in [0.15, 0.2) is 0 Å². The Hall–Kier alpha value is -0.0800. The van der Waals surface area contributed by atoms with Crippen molar-refractivity contribution in [2.75, 3.05) is 20.6 Å². The third-order valence-electron chi connectivity index (χ3n) is 4.17. The van der Waals surface area contributed by atoms with E-state index in [0.29, 0.717) is 6.04 Å². The maximum atomic E-state index is 3.76. The van der Waals surface area contributed by atoms with Gasteiger partial charge >= 0.3 is 0 Å². The van der Waals surface area contributed by atoms with E-state index < -0.39 is 0 Å². The molecule has 0 spiro atoms. The van der Waals surface area contributed by atoms with Crippen molar-refractivity contribution in [1.29, 1.82) is 0 Å². The molecule has 1 fully saturated rings. The Labute approximate surface area is 108 Å². The number of nitrogens with one attached hydrogen (secondary N) is 1. The minimum absolute atomic E-state index is 0.639. The Morgan fingerprint density at radius 1 is 1.18 bits per heavy atom. The molecule has 0 aromatic rings. The van der Waals surface area contributed by atoms with Crippen molar-refractivity contribution in [3.8, 4) is 0 Å². The van der Waals surface area contributed by atoms with Crippen molar-refractivity contribution in [1.82, 2.24) is 10.2 Å². The summed E-state index contributed by atoms with van der Waals surface area (Å²) >= 11 is 0. The summed E-state index contributed by atoms with van der Waals surface area (Å²) in [5.74, 6) is 1.83. The van der Waals surface area contributed by atoms with E-state index in [4.69, 9.17) is 0 Å². The lowest BCUT2D eigenvalue weighted by Crippen LogP contribution is -2.42. The monoisotopic (exact) mass is 240 g/mol. The molecule has 3 atom stereocenters. The van der Waals surface area contributed by atoms with Crippen molar-refractivity contribution >= 4 is 0 Å². The molecule has 3 unspecified atom stereocenters. The molecule has 0 aromatic heterocycles. The molecule has 1 N–H and O–H groups in total. The number of nitrogens with zero attached hydrogens (tertiary/aromatic N) is 1. The molecule has 0 aromatic carbocycles. The van der Waals surface area contributed by atoms with Crippen molar-refractivity contribution in [2.24, 2.45) is 11.8 Å². The quantitative estimate of drug-likeness (QED) is 0.767. The lowest BCUT2D eigenvalue weighted by molar-refractivity contribution is 0.232. The zero-order valence-corrected chi connectivity index (χ0v) is 12.5. The number of hydrogen-bond acceptors (Lipinski definition) is 2. The van der Waals surface area contributed by atoms with Gasteiger partial charge in [0.15, 0.2) is 0 Å². The van der Waals surface area contributed by atoms with Gasteiger partial charge in [0.05, 0.1) is 0 Å². The lowest BCUT2D eigenvalue weighted by Gasteiger charge is -2.32. The van der Waals surface area contributed by atoms with Crippen molar-refractivity contribution in [3.05, 3.63) is 0 Å². The molecule has 0 radical (unpaired) electrons. The third kappa shape index (κ3) is 5.87. The van der Waals surface area contributed by atoms with E-state index in [1.54, 1.807) is 0 Å². The topological polar surface area (TPSA) is 15.3 Å². The molecule has 17 heavy (non-hydrogen) atoms. The van der Waals surface area contributed by atoms with E-state index in [9.17, 15) is 0 Å². The van der Waals surface area contributed by atoms with Gasteiger partial charge in [0.25, 0.3) is 0 Å². The maximum absolute atomic E-state index is 3.76. The van der Waals surface area contributed by atoms with Crippen LogP contribution >= 0.6 is 0 Å². The van der Waals surface area contributed by atoms with E-state index in [0.717, 1.165) is 24.4 Å². The van der Waals surface area contributed by atoms with E-state index in [1.807, 2.05) is 0 Å². The van der Waals surface area contributed by atoms with Crippen LogP contribution in [-0.4, -0.2) is 37.6 Å². The highest BCUT2D eigenvalue weighted by Gasteiger charge is 2.22. The molecule has 2 heteroatoms. The predicted molar refractivity (Wildman–Crippen MR) is 76.4 cm³/mol. The van der Waals surface area contributed by atoms with Crippen LogP contribution in [0.1, 0.15) is 52.9 Å². The van der Waals surface area contributed by atoms with Gasteiger partial charge in [-0.2, -0.15) is 0 Å². The second-order valence-corrected chi connectivity index (χ2v) is 6.58. The molecule has 1 saturated carbocycles. The average Bonchev–Trinajstić information content (AvgIpc) is 2.25. The number of rotatable bonds is 6. The highest BCUT2D eigenvalue weighted by atomic mass is 15.1. The van der Waals surface area contributed by atoms with Crippen LogP contribution in [-0.2, 0) is 0 Å². The van der Waals surface area contributed by atoms with Gasteiger partial charge in [-0.25, -0.2) is 0 Å². The van der Waals surface area contributed by atoms with Crippen molar-refractivity contribution in [2.45, 2.75) is 65.0 Å². The molecule has 0 aliphatic heterocycles. The molecular formula is C15H32N2. The summed E-state index contributed by atoms with van der Waals surface area (Å²) in [6.45, 7) is 8.13. The van der Waals surface area contributed by atoms with Crippen LogP contribution in [0, 0.1) is 11.8 Å². The zero-order chi connectivity index (χ0) is 12.8. The zero-order valence-electron chi connectivity index (χ0n) is 12.5. The first-order valence-electron chi connectivity index (χ1n) is 7.38. The van der Waals surface area contributed by atoms with Crippen LogP contribution in [0.3, 0.4) is 0 Å². The Bertz CT molecular complexity index is 201. The summed E-state index contributed by atoms with van der Waals surface area (Å²) in [6, 6.07) is 1.41. The highest BCUT2D eigenvalue weighted by Crippen LogP contribution is 2.29.